The Balaban J connectivity index is 1.88. The SMILES string of the molecule is Cc1cc(C)c2nc(Cl)c(CNC3CCCC3)cc2c1. The zero-order valence-corrected chi connectivity index (χ0v) is 12.9. The fourth-order valence-electron chi connectivity index (χ4n) is 3.18. The van der Waals surface area contributed by atoms with Crippen LogP contribution in [0.2, 0.25) is 5.15 Å². The Labute approximate surface area is 125 Å². The summed E-state index contributed by atoms with van der Waals surface area (Å²) in [6, 6.07) is 7.18. The molecule has 0 spiro atoms. The number of fused-ring (bicyclic) bond motifs is 1. The Kier molecular flexibility index (Phi) is 3.95. The number of hydrogen-bond acceptors (Lipinski definition) is 2. The van der Waals surface area contributed by atoms with Crippen LogP contribution in [0.5, 0.6) is 0 Å². The lowest BCUT2D eigenvalue weighted by atomic mass is 10.1. The lowest BCUT2D eigenvalue weighted by molar-refractivity contribution is 0.524. The van der Waals surface area contributed by atoms with E-state index in [1.807, 2.05) is 0 Å². The van der Waals surface area contributed by atoms with Crippen LogP contribution in [-0.2, 0) is 6.54 Å². The van der Waals surface area contributed by atoms with Crippen LogP contribution in [-0.4, -0.2) is 11.0 Å². The Morgan fingerprint density at radius 3 is 2.70 bits per heavy atom. The van der Waals surface area contributed by atoms with Gasteiger partial charge in [0.1, 0.15) is 5.15 Å². The first-order chi connectivity index (χ1) is 9.63. The number of pyridine rings is 1. The molecule has 0 saturated heterocycles. The molecule has 0 bridgehead atoms. The van der Waals surface area contributed by atoms with Crippen LogP contribution in [0.4, 0.5) is 0 Å². The van der Waals surface area contributed by atoms with Crippen LogP contribution in [0.3, 0.4) is 0 Å². The average Bonchev–Trinajstić information content (AvgIpc) is 2.90. The van der Waals surface area contributed by atoms with Crippen LogP contribution < -0.4 is 5.32 Å². The maximum absolute atomic E-state index is 6.35. The molecule has 20 heavy (non-hydrogen) atoms. The smallest absolute Gasteiger partial charge is 0.134 e. The van der Waals surface area contributed by atoms with Gasteiger partial charge in [-0.3, -0.25) is 0 Å². The van der Waals surface area contributed by atoms with Crippen molar-refractivity contribution in [1.29, 1.82) is 0 Å². The molecule has 1 aromatic heterocycles. The Morgan fingerprint density at radius 1 is 1.20 bits per heavy atom. The standard InChI is InChI=1S/C17H21ClN2/c1-11-7-12(2)16-13(8-11)9-14(17(18)20-16)10-19-15-5-3-4-6-15/h7-9,15,19H,3-6,10H2,1-2H3. The molecule has 1 N–H and O–H groups in total. The van der Waals surface area contributed by atoms with Gasteiger partial charge < -0.3 is 5.32 Å². The number of benzene rings is 1. The minimum absolute atomic E-state index is 0.634. The maximum Gasteiger partial charge on any atom is 0.134 e. The van der Waals surface area contributed by atoms with Crippen LogP contribution >= 0.6 is 11.6 Å². The highest BCUT2D eigenvalue weighted by atomic mass is 35.5. The number of rotatable bonds is 3. The molecule has 3 heteroatoms. The van der Waals surface area contributed by atoms with Crippen LogP contribution in [0.25, 0.3) is 10.9 Å². The highest BCUT2D eigenvalue weighted by Gasteiger charge is 2.15. The van der Waals surface area contributed by atoms with Crippen LogP contribution in [0, 0.1) is 13.8 Å². The van der Waals surface area contributed by atoms with Crippen molar-refractivity contribution in [2.75, 3.05) is 0 Å². The number of aryl methyl sites for hydroxylation is 2. The fraction of sp³-hybridized carbons (Fsp3) is 0.471. The number of aromatic nitrogens is 1. The van der Waals surface area contributed by atoms with Crippen molar-refractivity contribution < 1.29 is 0 Å². The quantitative estimate of drug-likeness (QED) is 0.839. The van der Waals surface area contributed by atoms with Gasteiger partial charge in [-0.1, -0.05) is 36.1 Å². The first kappa shape index (κ1) is 13.8. The third-order valence-corrected chi connectivity index (χ3v) is 4.54. The van der Waals surface area contributed by atoms with E-state index in [4.69, 9.17) is 11.6 Å². The van der Waals surface area contributed by atoms with Gasteiger partial charge >= 0.3 is 0 Å². The maximum atomic E-state index is 6.35. The molecule has 2 nitrogen and oxygen atoms in total. The highest BCUT2D eigenvalue weighted by molar-refractivity contribution is 6.30. The minimum Gasteiger partial charge on any atom is -0.310 e. The zero-order chi connectivity index (χ0) is 14.1. The average molecular weight is 289 g/mol. The molecule has 0 aliphatic heterocycles. The second kappa shape index (κ2) is 5.71. The van der Waals surface area contributed by atoms with Gasteiger partial charge in [-0.25, -0.2) is 4.98 Å². The lowest BCUT2D eigenvalue weighted by Gasteiger charge is -2.13. The van der Waals surface area contributed by atoms with Crippen molar-refractivity contribution in [3.63, 3.8) is 0 Å². The van der Waals surface area contributed by atoms with E-state index in [-0.39, 0.29) is 0 Å². The molecule has 1 aromatic carbocycles. The van der Waals surface area contributed by atoms with Gasteiger partial charge in [-0.15, -0.1) is 0 Å². The van der Waals surface area contributed by atoms with Crippen molar-refractivity contribution in [1.82, 2.24) is 10.3 Å². The number of hydrogen-bond donors (Lipinski definition) is 1. The van der Waals surface area contributed by atoms with E-state index in [0.29, 0.717) is 11.2 Å². The van der Waals surface area contributed by atoms with E-state index >= 15 is 0 Å². The third-order valence-electron chi connectivity index (χ3n) is 4.22. The van der Waals surface area contributed by atoms with Crippen molar-refractivity contribution >= 4 is 22.5 Å². The number of nitrogens with zero attached hydrogens (tertiary/aromatic N) is 1. The molecule has 2 aromatic rings. The van der Waals surface area contributed by atoms with Crippen molar-refractivity contribution in [2.45, 2.75) is 52.1 Å². The fourth-order valence-corrected chi connectivity index (χ4v) is 3.39. The first-order valence-electron chi connectivity index (χ1n) is 7.43. The predicted molar refractivity (Wildman–Crippen MR) is 85.3 cm³/mol. The number of halogens is 1. The topological polar surface area (TPSA) is 24.9 Å². The largest absolute Gasteiger partial charge is 0.310 e. The second-order valence-corrected chi connectivity index (χ2v) is 6.31. The molecule has 0 amide bonds. The molecular weight excluding hydrogens is 268 g/mol. The Bertz CT molecular complexity index is 630. The molecule has 1 heterocycles. The molecule has 3 rings (SSSR count). The molecular formula is C17H21ClN2. The van der Waals surface area contributed by atoms with E-state index in [0.717, 1.165) is 17.6 Å². The first-order valence-corrected chi connectivity index (χ1v) is 7.81. The number of nitrogens with one attached hydrogen (secondary N) is 1. The van der Waals surface area contributed by atoms with Gasteiger partial charge in [-0.05, 0) is 44.4 Å². The molecule has 1 fully saturated rings. The molecule has 0 unspecified atom stereocenters. The summed E-state index contributed by atoms with van der Waals surface area (Å²) >= 11 is 6.35. The van der Waals surface area contributed by atoms with E-state index in [1.54, 1.807) is 0 Å². The molecule has 0 radical (unpaired) electrons. The zero-order valence-electron chi connectivity index (χ0n) is 12.2. The van der Waals surface area contributed by atoms with Gasteiger partial charge in [-0.2, -0.15) is 0 Å². The van der Waals surface area contributed by atoms with E-state index < -0.39 is 0 Å². The molecule has 106 valence electrons. The Hall–Kier alpha value is -1.12. The summed E-state index contributed by atoms with van der Waals surface area (Å²) in [5, 5.41) is 5.43. The van der Waals surface area contributed by atoms with Crippen LogP contribution in [0.1, 0.15) is 42.4 Å². The summed E-state index contributed by atoms with van der Waals surface area (Å²) in [5.41, 5.74) is 4.59. The summed E-state index contributed by atoms with van der Waals surface area (Å²) in [6.45, 7) is 5.03. The van der Waals surface area contributed by atoms with Gasteiger partial charge in [0.25, 0.3) is 0 Å². The minimum atomic E-state index is 0.634. The van der Waals surface area contributed by atoms with E-state index in [1.165, 1.54) is 42.2 Å². The third kappa shape index (κ3) is 2.82. The summed E-state index contributed by atoms with van der Waals surface area (Å²) < 4.78 is 0. The van der Waals surface area contributed by atoms with Gasteiger partial charge in [0, 0.05) is 23.5 Å². The van der Waals surface area contributed by atoms with E-state index in [2.05, 4.69) is 42.3 Å². The Morgan fingerprint density at radius 2 is 1.95 bits per heavy atom. The molecule has 1 saturated carbocycles. The van der Waals surface area contributed by atoms with Gasteiger partial charge in [0.05, 0.1) is 5.52 Å². The lowest BCUT2D eigenvalue weighted by Crippen LogP contribution is -2.25. The predicted octanol–water partition coefficient (Wildman–Crippen LogP) is 4.54. The van der Waals surface area contributed by atoms with Crippen molar-refractivity contribution in [2.24, 2.45) is 0 Å². The molecule has 0 atom stereocenters. The van der Waals surface area contributed by atoms with Crippen LogP contribution in [0.15, 0.2) is 18.2 Å². The van der Waals surface area contributed by atoms with Crippen molar-refractivity contribution in [3.05, 3.63) is 40.0 Å². The van der Waals surface area contributed by atoms with E-state index in [9.17, 15) is 0 Å². The summed E-state index contributed by atoms with van der Waals surface area (Å²) in [6.07, 6.45) is 5.27. The van der Waals surface area contributed by atoms with Gasteiger partial charge in [0.15, 0.2) is 0 Å². The summed E-state index contributed by atoms with van der Waals surface area (Å²) in [7, 11) is 0. The molecule has 1 aliphatic rings. The molecule has 1 aliphatic carbocycles. The summed E-state index contributed by atoms with van der Waals surface area (Å²) in [4.78, 5) is 4.59. The monoisotopic (exact) mass is 288 g/mol. The van der Waals surface area contributed by atoms with Crippen molar-refractivity contribution in [3.8, 4) is 0 Å². The summed E-state index contributed by atoms with van der Waals surface area (Å²) in [5.74, 6) is 0. The highest BCUT2D eigenvalue weighted by Crippen LogP contribution is 2.25. The second-order valence-electron chi connectivity index (χ2n) is 5.95. The van der Waals surface area contributed by atoms with Gasteiger partial charge in [0.2, 0.25) is 0 Å². The normalized spacial score (nSPS) is 16.1.